The molecule has 0 N–H and O–H groups in total. The minimum atomic E-state index is -0.0490. The van der Waals surface area contributed by atoms with Gasteiger partial charge in [0.15, 0.2) is 0 Å². The molecule has 1 heterocycles. The number of hydrogen-bond donors (Lipinski definition) is 0. The zero-order valence-corrected chi connectivity index (χ0v) is 31.9. The molecule has 8 aromatic carbocycles. The fraction of sp³-hybridized carbons (Fsp3) is 0.111. The smallest absolute Gasteiger partial charge is 0.0476 e. The maximum absolute atomic E-state index is 2.56. The molecule has 0 atom stereocenters. The van der Waals surface area contributed by atoms with Gasteiger partial charge in [-0.2, -0.15) is 0 Å². The van der Waals surface area contributed by atoms with Crippen molar-refractivity contribution in [2.45, 2.75) is 36.5 Å². The zero-order chi connectivity index (χ0) is 36.8. The summed E-state index contributed by atoms with van der Waals surface area (Å²) in [6, 6.07) is 70.8. The summed E-state index contributed by atoms with van der Waals surface area (Å²) < 4.78 is 2.64. The third-order valence-electron chi connectivity index (χ3n) is 13.5. The molecule has 1 fully saturated rings. The number of anilines is 3. The van der Waals surface area contributed by atoms with Crippen molar-refractivity contribution in [3.8, 4) is 33.4 Å². The van der Waals surface area contributed by atoms with Gasteiger partial charge >= 0.3 is 0 Å². The molecule has 56 heavy (non-hydrogen) atoms. The van der Waals surface area contributed by atoms with Crippen molar-refractivity contribution < 1.29 is 0 Å². The second-order valence-electron chi connectivity index (χ2n) is 16.1. The summed E-state index contributed by atoms with van der Waals surface area (Å²) in [5, 5.41) is 2.65. The Bertz CT molecular complexity index is 2950. The molecule has 2 spiro atoms. The van der Waals surface area contributed by atoms with Gasteiger partial charge in [0.1, 0.15) is 0 Å². The van der Waals surface area contributed by atoms with Crippen LogP contribution in [-0.4, -0.2) is 0 Å². The first kappa shape index (κ1) is 32.1. The predicted molar refractivity (Wildman–Crippen MR) is 237 cm³/mol. The highest BCUT2D eigenvalue weighted by molar-refractivity contribution is 7.25. The third kappa shape index (κ3) is 4.54. The van der Waals surface area contributed by atoms with Crippen molar-refractivity contribution in [3.63, 3.8) is 0 Å². The van der Waals surface area contributed by atoms with Gasteiger partial charge < -0.3 is 4.90 Å². The van der Waals surface area contributed by atoms with Crippen LogP contribution in [0.1, 0.15) is 47.9 Å². The summed E-state index contributed by atoms with van der Waals surface area (Å²) in [5.74, 6) is 0. The number of hydrogen-bond acceptors (Lipinski definition) is 2. The van der Waals surface area contributed by atoms with Gasteiger partial charge in [-0.3, -0.25) is 0 Å². The molecule has 0 saturated heterocycles. The fourth-order valence-electron chi connectivity index (χ4n) is 10.9. The van der Waals surface area contributed by atoms with E-state index in [0.717, 1.165) is 31.4 Å². The van der Waals surface area contributed by atoms with E-state index < -0.39 is 0 Å². The Kier molecular flexibility index (Phi) is 6.95. The topological polar surface area (TPSA) is 3.24 Å². The Balaban J connectivity index is 1.02. The summed E-state index contributed by atoms with van der Waals surface area (Å²) in [4.78, 5) is 2.50. The molecule has 0 radical (unpaired) electrons. The van der Waals surface area contributed by atoms with Gasteiger partial charge in [0.2, 0.25) is 0 Å². The zero-order valence-electron chi connectivity index (χ0n) is 31.1. The van der Waals surface area contributed by atoms with Crippen molar-refractivity contribution in [2.24, 2.45) is 0 Å². The summed E-state index contributed by atoms with van der Waals surface area (Å²) in [6.45, 7) is 0. The molecule has 0 unspecified atom stereocenters. The van der Waals surface area contributed by atoms with Crippen molar-refractivity contribution >= 4 is 48.6 Å². The second-order valence-corrected chi connectivity index (χ2v) is 17.1. The van der Waals surface area contributed by atoms with Crippen LogP contribution in [0.15, 0.2) is 188 Å². The minimum absolute atomic E-state index is 0.0490. The van der Waals surface area contributed by atoms with Crippen LogP contribution in [0.4, 0.5) is 17.1 Å². The van der Waals surface area contributed by atoms with Crippen molar-refractivity contribution in [3.05, 3.63) is 210 Å². The molecule has 1 aromatic heterocycles. The van der Waals surface area contributed by atoms with E-state index in [1.165, 1.54) is 87.2 Å². The number of rotatable bonds is 4. The summed E-state index contributed by atoms with van der Waals surface area (Å²) in [7, 11) is 0. The highest BCUT2D eigenvalue weighted by Gasteiger charge is 2.53. The van der Waals surface area contributed by atoms with Gasteiger partial charge in [0.05, 0.1) is 0 Å². The Morgan fingerprint density at radius 3 is 1.54 bits per heavy atom. The molecule has 3 aliphatic carbocycles. The second kappa shape index (κ2) is 12.1. The molecular formula is C54H39NS. The lowest BCUT2D eigenvalue weighted by molar-refractivity contribution is 0.265. The SMILES string of the molecule is c1ccc(-c2cccc(N(c3ccc4c(c3)C3(CCC5(CC3)c3ccccc3-c3ccccc35)c3ccccc3-4)c3ccc4c(c3)sc3ccccc34)c2)cc1. The maximum atomic E-state index is 2.56. The Labute approximate surface area is 332 Å². The van der Waals surface area contributed by atoms with Crippen LogP contribution in [0.5, 0.6) is 0 Å². The first-order chi connectivity index (χ1) is 27.7. The van der Waals surface area contributed by atoms with Gasteiger partial charge in [-0.05, 0) is 124 Å². The molecule has 1 nitrogen and oxygen atoms in total. The van der Waals surface area contributed by atoms with Crippen LogP contribution in [0.2, 0.25) is 0 Å². The molecule has 266 valence electrons. The molecule has 0 bridgehead atoms. The van der Waals surface area contributed by atoms with E-state index in [0.29, 0.717) is 0 Å². The standard InChI is InChI=1S/C54H39NS/c1-2-13-36(14-3-1)37-15-12-16-38(33-37)55(40-26-28-46-45-20-7-11-24-51(45)56-52(46)35-40)39-25-27-44-43-19-6-10-23-49(43)54(50(44)34-39)31-29-53(30-32-54)47-21-8-4-17-41(47)42-18-5-9-22-48(42)53/h1-28,33-35H,29-32H2. The van der Waals surface area contributed by atoms with Crippen LogP contribution < -0.4 is 4.90 Å². The molecule has 1 saturated carbocycles. The van der Waals surface area contributed by atoms with Crippen LogP contribution in [-0.2, 0) is 10.8 Å². The first-order valence-electron chi connectivity index (χ1n) is 20.0. The number of fused-ring (bicyclic) bond motifs is 13. The van der Waals surface area contributed by atoms with E-state index in [9.17, 15) is 0 Å². The molecule has 2 heteroatoms. The summed E-state index contributed by atoms with van der Waals surface area (Å²) in [6.07, 6.45) is 4.48. The number of thiophene rings is 1. The quantitative estimate of drug-likeness (QED) is 0.174. The average Bonchev–Trinajstić information content (AvgIpc) is 3.87. The molecule has 12 rings (SSSR count). The first-order valence-corrected chi connectivity index (χ1v) is 20.8. The Morgan fingerprint density at radius 1 is 0.339 bits per heavy atom. The lowest BCUT2D eigenvalue weighted by Gasteiger charge is -2.45. The highest BCUT2D eigenvalue weighted by atomic mass is 32.1. The highest BCUT2D eigenvalue weighted by Crippen LogP contribution is 2.64. The normalized spacial score (nSPS) is 15.5. The van der Waals surface area contributed by atoms with Gasteiger partial charge in [-0.1, -0.05) is 146 Å². The molecule has 3 aliphatic rings. The molecule has 9 aromatic rings. The van der Waals surface area contributed by atoms with Crippen LogP contribution in [0.25, 0.3) is 53.6 Å². The molecule has 0 aliphatic heterocycles. The van der Waals surface area contributed by atoms with E-state index >= 15 is 0 Å². The van der Waals surface area contributed by atoms with Crippen LogP contribution in [0.3, 0.4) is 0 Å². The van der Waals surface area contributed by atoms with Crippen molar-refractivity contribution in [1.82, 2.24) is 0 Å². The van der Waals surface area contributed by atoms with E-state index in [1.54, 1.807) is 0 Å². The van der Waals surface area contributed by atoms with E-state index in [-0.39, 0.29) is 10.8 Å². The summed E-state index contributed by atoms with van der Waals surface area (Å²) >= 11 is 1.89. The Hall–Kier alpha value is -6.22. The van der Waals surface area contributed by atoms with Gasteiger partial charge in [0.25, 0.3) is 0 Å². The predicted octanol–water partition coefficient (Wildman–Crippen LogP) is 15.0. The number of benzene rings is 8. The minimum Gasteiger partial charge on any atom is -0.310 e. The van der Waals surface area contributed by atoms with Crippen molar-refractivity contribution in [1.29, 1.82) is 0 Å². The van der Waals surface area contributed by atoms with E-state index in [4.69, 9.17) is 0 Å². The van der Waals surface area contributed by atoms with E-state index in [2.05, 4.69) is 193 Å². The van der Waals surface area contributed by atoms with Gasteiger partial charge in [-0.25, -0.2) is 0 Å². The number of nitrogens with zero attached hydrogens (tertiary/aromatic N) is 1. The average molecular weight is 734 g/mol. The van der Waals surface area contributed by atoms with Gasteiger partial charge in [0, 0.05) is 48.1 Å². The van der Waals surface area contributed by atoms with Gasteiger partial charge in [-0.15, -0.1) is 11.3 Å². The third-order valence-corrected chi connectivity index (χ3v) is 14.6. The van der Waals surface area contributed by atoms with E-state index in [1.807, 2.05) is 11.3 Å². The fourth-order valence-corrected chi connectivity index (χ4v) is 12.1. The lowest BCUT2D eigenvalue weighted by atomic mass is 9.57. The Morgan fingerprint density at radius 2 is 0.839 bits per heavy atom. The monoisotopic (exact) mass is 733 g/mol. The summed E-state index contributed by atoms with van der Waals surface area (Å²) in [5.41, 5.74) is 17.7. The molecular weight excluding hydrogens is 695 g/mol. The lowest BCUT2D eigenvalue weighted by Crippen LogP contribution is -2.39. The van der Waals surface area contributed by atoms with Crippen molar-refractivity contribution in [2.75, 3.05) is 4.90 Å². The molecule has 0 amide bonds. The van der Waals surface area contributed by atoms with Crippen LogP contribution in [0, 0.1) is 0 Å². The largest absolute Gasteiger partial charge is 0.310 e. The van der Waals surface area contributed by atoms with Crippen LogP contribution >= 0.6 is 11.3 Å². The maximum Gasteiger partial charge on any atom is 0.0476 e.